The second-order valence-electron chi connectivity index (χ2n) is 5.96. The predicted octanol–water partition coefficient (Wildman–Crippen LogP) is 3.58. The Morgan fingerprint density at radius 1 is 1.20 bits per heavy atom. The van der Waals surface area contributed by atoms with E-state index in [1.165, 1.54) is 6.20 Å². The minimum absolute atomic E-state index is 0.0255. The van der Waals surface area contributed by atoms with Crippen LogP contribution in [0.15, 0.2) is 36.5 Å². The number of amides is 1. The topological polar surface area (TPSA) is 101 Å². The van der Waals surface area contributed by atoms with Gasteiger partial charge in [0.15, 0.2) is 5.82 Å². The second-order valence-corrected chi connectivity index (χ2v) is 5.96. The number of hydrogen-bond donors (Lipinski definition) is 2. The number of nitrogens with zero attached hydrogens (tertiary/aromatic N) is 2. The van der Waals surface area contributed by atoms with Crippen molar-refractivity contribution in [3.8, 4) is 0 Å². The minimum atomic E-state index is -1.20. The fourth-order valence-electron chi connectivity index (χ4n) is 2.88. The summed E-state index contributed by atoms with van der Waals surface area (Å²) in [6.07, 6.45) is 4.67. The highest BCUT2D eigenvalue weighted by Gasteiger charge is 2.23. The molecule has 1 aliphatic rings. The molecule has 7 nitrogen and oxygen atoms in total. The molecule has 1 aromatic heterocycles. The number of aromatic carboxylic acids is 1. The Hall–Kier alpha value is -2.96. The maximum atomic E-state index is 12.0. The lowest BCUT2D eigenvalue weighted by Gasteiger charge is -2.12. The van der Waals surface area contributed by atoms with E-state index in [-0.39, 0.29) is 23.9 Å². The van der Waals surface area contributed by atoms with Crippen molar-refractivity contribution in [2.24, 2.45) is 0 Å². The molecule has 7 heteroatoms. The average molecular weight is 341 g/mol. The van der Waals surface area contributed by atoms with Crippen molar-refractivity contribution >= 4 is 17.9 Å². The maximum absolute atomic E-state index is 12.0. The van der Waals surface area contributed by atoms with Crippen LogP contribution in [-0.2, 0) is 11.3 Å². The van der Waals surface area contributed by atoms with Crippen LogP contribution in [-0.4, -0.2) is 27.1 Å². The Labute approximate surface area is 145 Å². The Morgan fingerprint density at radius 3 is 2.60 bits per heavy atom. The molecule has 1 heterocycles. The van der Waals surface area contributed by atoms with E-state index in [4.69, 9.17) is 4.74 Å². The highest BCUT2D eigenvalue weighted by molar-refractivity contribution is 5.97. The lowest BCUT2D eigenvalue weighted by atomic mass is 10.1. The normalized spacial score (nSPS) is 14.2. The third kappa shape index (κ3) is 4.32. The Balaban J connectivity index is 1.71. The van der Waals surface area contributed by atoms with Crippen LogP contribution in [0.25, 0.3) is 0 Å². The van der Waals surface area contributed by atoms with Crippen molar-refractivity contribution in [2.75, 3.05) is 5.32 Å². The van der Waals surface area contributed by atoms with E-state index in [9.17, 15) is 14.7 Å². The standard InChI is InChI=1S/C18H19N3O4/c22-17(23)14-10-19-15(13-8-4-5-9-13)20-16(14)21-18(24)25-11-12-6-2-1-3-7-12/h1-3,6-7,10,13H,4-5,8-9,11H2,(H,22,23)(H,19,20,21,24). The number of benzene rings is 1. The van der Waals surface area contributed by atoms with Gasteiger partial charge in [0, 0.05) is 12.1 Å². The van der Waals surface area contributed by atoms with Gasteiger partial charge in [-0.2, -0.15) is 0 Å². The third-order valence-corrected chi connectivity index (χ3v) is 4.19. The van der Waals surface area contributed by atoms with Crippen molar-refractivity contribution < 1.29 is 19.4 Å². The second kappa shape index (κ2) is 7.74. The molecule has 0 bridgehead atoms. The molecule has 25 heavy (non-hydrogen) atoms. The number of aromatic nitrogens is 2. The van der Waals surface area contributed by atoms with Crippen LogP contribution in [0, 0.1) is 0 Å². The molecule has 2 N–H and O–H groups in total. The number of carbonyl (C=O) groups excluding carboxylic acids is 1. The predicted molar refractivity (Wildman–Crippen MR) is 90.5 cm³/mol. The quantitative estimate of drug-likeness (QED) is 0.862. The molecular weight excluding hydrogens is 322 g/mol. The summed E-state index contributed by atoms with van der Waals surface area (Å²) >= 11 is 0. The SMILES string of the molecule is O=C(Nc1nc(C2CCCC2)ncc1C(=O)O)OCc1ccccc1. The first kappa shape index (κ1) is 16.9. The van der Waals surface area contributed by atoms with Crippen LogP contribution in [0.3, 0.4) is 0 Å². The number of carboxylic acids is 1. The van der Waals surface area contributed by atoms with Crippen molar-refractivity contribution in [1.82, 2.24) is 9.97 Å². The van der Waals surface area contributed by atoms with Gasteiger partial charge >= 0.3 is 12.1 Å². The smallest absolute Gasteiger partial charge is 0.413 e. The Kier molecular flexibility index (Phi) is 5.23. The molecule has 1 aromatic carbocycles. The molecule has 2 aromatic rings. The van der Waals surface area contributed by atoms with Gasteiger partial charge in [0.05, 0.1) is 0 Å². The monoisotopic (exact) mass is 341 g/mol. The first-order valence-corrected chi connectivity index (χ1v) is 8.21. The summed E-state index contributed by atoms with van der Waals surface area (Å²) in [5, 5.41) is 11.7. The lowest BCUT2D eigenvalue weighted by Crippen LogP contribution is -2.19. The molecule has 130 valence electrons. The number of nitrogens with one attached hydrogen (secondary N) is 1. The maximum Gasteiger partial charge on any atom is 0.413 e. The van der Waals surface area contributed by atoms with E-state index in [1.54, 1.807) is 0 Å². The van der Waals surface area contributed by atoms with E-state index in [2.05, 4.69) is 15.3 Å². The van der Waals surface area contributed by atoms with Crippen LogP contribution in [0.4, 0.5) is 10.6 Å². The number of carbonyl (C=O) groups is 2. The van der Waals surface area contributed by atoms with Gasteiger partial charge in [0.2, 0.25) is 0 Å². The molecule has 1 amide bonds. The highest BCUT2D eigenvalue weighted by Crippen LogP contribution is 2.32. The van der Waals surface area contributed by atoms with E-state index in [1.807, 2.05) is 30.3 Å². The summed E-state index contributed by atoms with van der Waals surface area (Å²) in [7, 11) is 0. The summed E-state index contributed by atoms with van der Waals surface area (Å²) < 4.78 is 5.13. The van der Waals surface area contributed by atoms with Crippen molar-refractivity contribution in [3.05, 3.63) is 53.5 Å². The number of carboxylic acid groups (broad SMARTS) is 1. The fourth-order valence-corrected chi connectivity index (χ4v) is 2.88. The first-order chi connectivity index (χ1) is 12.1. The number of hydrogen-bond acceptors (Lipinski definition) is 5. The summed E-state index contributed by atoms with van der Waals surface area (Å²) in [6.45, 7) is 0.0929. The molecule has 0 spiro atoms. The van der Waals surface area contributed by atoms with E-state index < -0.39 is 12.1 Å². The van der Waals surface area contributed by atoms with Gasteiger partial charge in [-0.15, -0.1) is 0 Å². The third-order valence-electron chi connectivity index (χ3n) is 4.19. The van der Waals surface area contributed by atoms with Gasteiger partial charge < -0.3 is 9.84 Å². The molecule has 0 saturated heterocycles. The average Bonchev–Trinajstić information content (AvgIpc) is 3.15. The van der Waals surface area contributed by atoms with Crippen molar-refractivity contribution in [3.63, 3.8) is 0 Å². The van der Waals surface area contributed by atoms with E-state index in [0.29, 0.717) is 5.82 Å². The minimum Gasteiger partial charge on any atom is -0.477 e. The zero-order chi connectivity index (χ0) is 17.6. The molecule has 0 atom stereocenters. The molecule has 1 saturated carbocycles. The molecule has 0 aliphatic heterocycles. The van der Waals surface area contributed by atoms with Gasteiger partial charge in [-0.3, -0.25) is 5.32 Å². The first-order valence-electron chi connectivity index (χ1n) is 8.21. The molecule has 3 rings (SSSR count). The van der Waals surface area contributed by atoms with Crippen LogP contribution >= 0.6 is 0 Å². The molecule has 1 aliphatic carbocycles. The number of ether oxygens (including phenoxy) is 1. The molecular formula is C18H19N3O4. The summed E-state index contributed by atoms with van der Waals surface area (Å²) in [6, 6.07) is 9.22. The Bertz CT molecular complexity index is 758. The Morgan fingerprint density at radius 2 is 1.92 bits per heavy atom. The molecule has 0 radical (unpaired) electrons. The van der Waals surface area contributed by atoms with E-state index in [0.717, 1.165) is 31.2 Å². The van der Waals surface area contributed by atoms with Crippen LogP contribution in [0.5, 0.6) is 0 Å². The zero-order valence-corrected chi connectivity index (χ0v) is 13.6. The molecule has 1 fully saturated rings. The van der Waals surface area contributed by atoms with Crippen molar-refractivity contribution in [1.29, 1.82) is 0 Å². The largest absolute Gasteiger partial charge is 0.477 e. The van der Waals surface area contributed by atoms with Gasteiger partial charge in [0.25, 0.3) is 0 Å². The lowest BCUT2D eigenvalue weighted by molar-refractivity contribution is 0.0697. The zero-order valence-electron chi connectivity index (χ0n) is 13.6. The van der Waals surface area contributed by atoms with Crippen LogP contribution in [0.2, 0.25) is 0 Å². The van der Waals surface area contributed by atoms with Gasteiger partial charge in [-0.25, -0.2) is 19.6 Å². The van der Waals surface area contributed by atoms with Gasteiger partial charge in [-0.05, 0) is 18.4 Å². The van der Waals surface area contributed by atoms with E-state index >= 15 is 0 Å². The van der Waals surface area contributed by atoms with Crippen molar-refractivity contribution in [2.45, 2.75) is 38.2 Å². The fraction of sp³-hybridized carbons (Fsp3) is 0.333. The van der Waals surface area contributed by atoms with Gasteiger partial charge in [0.1, 0.15) is 18.0 Å². The summed E-state index contributed by atoms with van der Waals surface area (Å²) in [5.74, 6) is -0.441. The summed E-state index contributed by atoms with van der Waals surface area (Å²) in [4.78, 5) is 31.8. The van der Waals surface area contributed by atoms with Crippen LogP contribution in [0.1, 0.15) is 53.3 Å². The van der Waals surface area contributed by atoms with Gasteiger partial charge in [-0.1, -0.05) is 43.2 Å². The number of anilines is 1. The highest BCUT2D eigenvalue weighted by atomic mass is 16.5. The summed E-state index contributed by atoms with van der Waals surface area (Å²) in [5.41, 5.74) is 0.684. The van der Waals surface area contributed by atoms with Crippen LogP contribution < -0.4 is 5.32 Å². The number of rotatable bonds is 5. The molecule has 0 unspecified atom stereocenters.